The molecule has 0 unspecified atom stereocenters. The van der Waals surface area contributed by atoms with Gasteiger partial charge in [0.05, 0.1) is 11.2 Å². The molecule has 0 bridgehead atoms. The summed E-state index contributed by atoms with van der Waals surface area (Å²) in [4.78, 5) is 4.95. The van der Waals surface area contributed by atoms with Gasteiger partial charge in [0.25, 0.3) is 0 Å². The Morgan fingerprint density at radius 2 is 1.50 bits per heavy atom. The molecule has 0 aliphatic heterocycles. The SMILES string of the molecule is Cc1cc(C)c(-c2ccn(-c3[c-]c(Oc4[c-]c5c(cc4)c4ccc6sc7ccccc7c6c4n5-c4cc(C(C)(C)C)ccn4)ccc3)n2)c(C)c1.[Pt+2]. The predicted octanol–water partition coefficient (Wildman–Crippen LogP) is 12.0. The number of thiophene rings is 1. The van der Waals surface area contributed by atoms with Crippen molar-refractivity contribution in [3.05, 3.63) is 144 Å². The smallest absolute Gasteiger partial charge is 0.509 e. The molecule has 5 aromatic carbocycles. The van der Waals surface area contributed by atoms with E-state index in [-0.39, 0.29) is 26.5 Å². The molecule has 52 heavy (non-hydrogen) atoms. The van der Waals surface area contributed by atoms with Gasteiger partial charge in [-0.25, -0.2) is 4.98 Å². The second-order valence-electron chi connectivity index (χ2n) is 14.4. The van der Waals surface area contributed by atoms with Gasteiger partial charge in [0, 0.05) is 49.6 Å². The van der Waals surface area contributed by atoms with Gasteiger partial charge in [0.1, 0.15) is 5.82 Å². The van der Waals surface area contributed by atoms with Crippen molar-refractivity contribution >= 4 is 53.3 Å². The van der Waals surface area contributed by atoms with Crippen molar-refractivity contribution in [1.29, 1.82) is 0 Å². The molecule has 0 atom stereocenters. The Morgan fingerprint density at radius 3 is 2.31 bits per heavy atom. The van der Waals surface area contributed by atoms with Crippen LogP contribution in [0, 0.1) is 32.9 Å². The first-order valence-corrected chi connectivity index (χ1v) is 18.1. The number of rotatable bonds is 5. The number of aromatic nitrogens is 4. The largest absolute Gasteiger partial charge is 2.00 e. The third kappa shape index (κ3) is 5.75. The minimum absolute atomic E-state index is 0. The molecule has 0 fully saturated rings. The minimum atomic E-state index is -0.0349. The molecule has 0 radical (unpaired) electrons. The van der Waals surface area contributed by atoms with Crippen molar-refractivity contribution in [3.8, 4) is 34.3 Å². The summed E-state index contributed by atoms with van der Waals surface area (Å²) in [5.41, 5.74) is 9.83. The van der Waals surface area contributed by atoms with Crippen LogP contribution in [0.4, 0.5) is 0 Å². The number of fused-ring (bicyclic) bond motifs is 7. The van der Waals surface area contributed by atoms with Crippen molar-refractivity contribution in [2.24, 2.45) is 0 Å². The van der Waals surface area contributed by atoms with Crippen molar-refractivity contribution in [1.82, 2.24) is 19.3 Å². The minimum Gasteiger partial charge on any atom is -0.509 e. The molecule has 0 N–H and O–H groups in total. The molecule has 7 heteroatoms. The molecule has 9 rings (SSSR count). The maximum Gasteiger partial charge on any atom is 2.00 e. The van der Waals surface area contributed by atoms with E-state index in [1.54, 1.807) is 0 Å². The molecule has 4 aromatic heterocycles. The molecule has 0 aliphatic carbocycles. The summed E-state index contributed by atoms with van der Waals surface area (Å²) in [6.45, 7) is 13.1. The average molecular weight is 876 g/mol. The second-order valence-corrected chi connectivity index (χ2v) is 15.5. The van der Waals surface area contributed by atoms with E-state index in [1.807, 2.05) is 52.7 Å². The summed E-state index contributed by atoms with van der Waals surface area (Å²) < 4.78 is 13.2. The van der Waals surface area contributed by atoms with E-state index in [4.69, 9.17) is 14.8 Å². The first-order valence-electron chi connectivity index (χ1n) is 17.2. The topological polar surface area (TPSA) is 44.9 Å². The van der Waals surface area contributed by atoms with Gasteiger partial charge in [-0.05, 0) is 84.3 Å². The fourth-order valence-corrected chi connectivity index (χ4v) is 8.54. The van der Waals surface area contributed by atoms with E-state index in [2.05, 4.69) is 131 Å². The molecule has 258 valence electrons. The molecule has 0 aliphatic rings. The summed E-state index contributed by atoms with van der Waals surface area (Å²) >= 11 is 1.82. The average Bonchev–Trinajstić information content (AvgIpc) is 3.82. The summed E-state index contributed by atoms with van der Waals surface area (Å²) in [6.07, 6.45) is 3.90. The monoisotopic (exact) mass is 875 g/mol. The number of hydrogen-bond acceptors (Lipinski definition) is 4. The van der Waals surface area contributed by atoms with Crippen LogP contribution in [-0.4, -0.2) is 19.3 Å². The number of ether oxygens (including phenoxy) is 1. The Hall–Kier alpha value is -5.03. The molecule has 0 saturated heterocycles. The summed E-state index contributed by atoms with van der Waals surface area (Å²) in [5, 5.41) is 9.68. The third-order valence-corrected chi connectivity index (χ3v) is 10.9. The molecular formula is C45H36N4OPtS. The molecule has 0 saturated carbocycles. The van der Waals surface area contributed by atoms with Gasteiger partial charge in [-0.2, -0.15) is 17.2 Å². The summed E-state index contributed by atoms with van der Waals surface area (Å²) in [5.74, 6) is 2.05. The first kappa shape index (κ1) is 34.1. The zero-order chi connectivity index (χ0) is 35.0. The Kier molecular flexibility index (Phi) is 8.44. The van der Waals surface area contributed by atoms with Gasteiger partial charge in [-0.3, -0.25) is 4.68 Å². The van der Waals surface area contributed by atoms with Crippen molar-refractivity contribution in [2.75, 3.05) is 0 Å². The molecule has 5 nitrogen and oxygen atoms in total. The Balaban J connectivity index is 0.00000387. The molecule has 0 spiro atoms. The first-order chi connectivity index (χ1) is 24.6. The molecule has 4 heterocycles. The molecule has 9 aromatic rings. The van der Waals surface area contributed by atoms with Crippen molar-refractivity contribution in [3.63, 3.8) is 0 Å². The van der Waals surface area contributed by atoms with Crippen molar-refractivity contribution < 1.29 is 25.8 Å². The fourth-order valence-electron chi connectivity index (χ4n) is 7.44. The van der Waals surface area contributed by atoms with Crippen LogP contribution in [0.25, 0.3) is 64.7 Å². The van der Waals surface area contributed by atoms with E-state index in [0.717, 1.165) is 39.0 Å². The fraction of sp³-hybridized carbons (Fsp3) is 0.156. The zero-order valence-electron chi connectivity index (χ0n) is 29.8. The Bertz CT molecular complexity index is 2790. The van der Waals surface area contributed by atoms with Crippen LogP contribution in [0.2, 0.25) is 0 Å². The van der Waals surface area contributed by atoms with Crippen LogP contribution < -0.4 is 4.74 Å². The number of hydrogen-bond donors (Lipinski definition) is 0. The van der Waals surface area contributed by atoms with Gasteiger partial charge >= 0.3 is 21.1 Å². The van der Waals surface area contributed by atoms with Crippen LogP contribution in [0.1, 0.15) is 43.0 Å². The van der Waals surface area contributed by atoms with Gasteiger partial charge in [0.2, 0.25) is 0 Å². The zero-order valence-corrected chi connectivity index (χ0v) is 32.9. The maximum atomic E-state index is 6.52. The Labute approximate surface area is 321 Å². The molecular weight excluding hydrogens is 840 g/mol. The van der Waals surface area contributed by atoms with Crippen LogP contribution in [0.15, 0.2) is 109 Å². The second kappa shape index (κ2) is 12.9. The number of benzene rings is 5. The van der Waals surface area contributed by atoms with Gasteiger partial charge in [-0.1, -0.05) is 68.2 Å². The van der Waals surface area contributed by atoms with E-state index in [1.165, 1.54) is 48.0 Å². The van der Waals surface area contributed by atoms with Crippen LogP contribution in [0.3, 0.4) is 0 Å². The van der Waals surface area contributed by atoms with Gasteiger partial charge in [0.15, 0.2) is 0 Å². The van der Waals surface area contributed by atoms with Crippen LogP contribution in [0.5, 0.6) is 11.5 Å². The third-order valence-electron chi connectivity index (χ3n) is 9.73. The van der Waals surface area contributed by atoms with Gasteiger partial charge in [-0.15, -0.1) is 47.1 Å². The van der Waals surface area contributed by atoms with E-state index >= 15 is 0 Å². The van der Waals surface area contributed by atoms with E-state index < -0.39 is 0 Å². The maximum absolute atomic E-state index is 6.52. The number of pyridine rings is 1. The van der Waals surface area contributed by atoms with E-state index in [9.17, 15) is 0 Å². The standard InChI is InChI=1S/C45H36N4OS.Pt/c1-27-22-28(2)42(29(3)23-27)37-19-21-48(47-37)31-10-9-11-32(25-31)50-33-14-15-34-35-16-17-40-43(36-12-7-8-13-39(36)51-40)44(35)49(38(34)26-33)41-24-30(18-20-46-41)45(4,5)6;/h7-24H,1-6H3;/q-2;+2. The normalized spacial score (nSPS) is 11.9. The quantitative estimate of drug-likeness (QED) is 0.162. The van der Waals surface area contributed by atoms with E-state index in [0.29, 0.717) is 11.5 Å². The number of nitrogens with zero attached hydrogens (tertiary/aromatic N) is 4. The summed E-state index contributed by atoms with van der Waals surface area (Å²) in [6, 6.07) is 41.1. The van der Waals surface area contributed by atoms with Crippen LogP contribution in [-0.2, 0) is 26.5 Å². The van der Waals surface area contributed by atoms with Gasteiger partial charge < -0.3 is 9.30 Å². The molecule has 0 amide bonds. The predicted molar refractivity (Wildman–Crippen MR) is 211 cm³/mol. The van der Waals surface area contributed by atoms with Crippen LogP contribution >= 0.6 is 11.3 Å². The summed E-state index contributed by atoms with van der Waals surface area (Å²) in [7, 11) is 0. The number of aryl methyl sites for hydroxylation is 3. The van der Waals surface area contributed by atoms with Crippen molar-refractivity contribution in [2.45, 2.75) is 47.0 Å². The Morgan fingerprint density at radius 1 is 0.731 bits per heavy atom.